The molecule has 0 atom stereocenters. The van der Waals surface area contributed by atoms with Crippen molar-refractivity contribution in [2.24, 2.45) is 5.73 Å². The molecule has 0 fully saturated rings. The fourth-order valence-corrected chi connectivity index (χ4v) is 1.27. The summed E-state index contributed by atoms with van der Waals surface area (Å²) in [6, 6.07) is 0. The van der Waals surface area contributed by atoms with E-state index >= 15 is 0 Å². The normalized spacial score (nSPS) is 10.0. The summed E-state index contributed by atoms with van der Waals surface area (Å²) in [4.78, 5) is 20.1. The van der Waals surface area contributed by atoms with Crippen molar-refractivity contribution in [3.8, 4) is 0 Å². The molecule has 0 unspecified atom stereocenters. The lowest BCUT2D eigenvalue weighted by molar-refractivity contribution is -0.116. The average molecular weight is 230 g/mol. The molecule has 0 aliphatic heterocycles. The van der Waals surface area contributed by atoms with Crippen LogP contribution in [0.15, 0.2) is 6.20 Å². The molecule has 1 aromatic heterocycles. The van der Waals surface area contributed by atoms with Crippen molar-refractivity contribution in [1.29, 1.82) is 0 Å². The Balaban J connectivity index is 3.00. The summed E-state index contributed by atoms with van der Waals surface area (Å²) < 4.78 is 0. The predicted molar refractivity (Wildman–Crippen MR) is 58.5 cm³/mol. The molecule has 1 rings (SSSR count). The van der Waals surface area contributed by atoms with Crippen LogP contribution in [0.1, 0.15) is 6.92 Å². The summed E-state index contributed by atoms with van der Waals surface area (Å²) in [5.41, 5.74) is 11.1. The van der Waals surface area contributed by atoms with Crippen LogP contribution in [-0.4, -0.2) is 29.0 Å². The molecule has 1 aromatic rings. The molecule has 0 aliphatic rings. The molecule has 0 saturated carbocycles. The number of carbonyl (C=O) groups excluding carboxylic acids is 1. The van der Waals surface area contributed by atoms with Gasteiger partial charge in [-0.1, -0.05) is 0 Å². The zero-order chi connectivity index (χ0) is 11.4. The molecule has 0 saturated heterocycles. The molecule has 0 bridgehead atoms. The minimum atomic E-state index is -0.453. The number of amides is 1. The molecule has 0 aliphatic carbocycles. The molecule has 1 heterocycles. The first-order chi connectivity index (χ1) is 7.04. The van der Waals surface area contributed by atoms with Crippen LogP contribution >= 0.6 is 11.6 Å². The van der Waals surface area contributed by atoms with E-state index in [1.807, 2.05) is 6.92 Å². The summed E-state index contributed by atoms with van der Waals surface area (Å²) in [6.07, 6.45) is 1.40. The minimum Gasteiger partial charge on any atom is -0.394 e. The van der Waals surface area contributed by atoms with Gasteiger partial charge in [0.05, 0.1) is 18.4 Å². The van der Waals surface area contributed by atoms with Gasteiger partial charge in [-0.25, -0.2) is 4.98 Å². The molecule has 0 radical (unpaired) electrons. The van der Waals surface area contributed by atoms with Crippen molar-refractivity contribution < 1.29 is 4.79 Å². The lowest BCUT2D eigenvalue weighted by Crippen LogP contribution is -2.34. The minimum absolute atomic E-state index is 0.0496. The van der Waals surface area contributed by atoms with E-state index in [2.05, 4.69) is 9.97 Å². The standard InChI is InChI=1S/C8H12ClN5O/c1-2-14(4-6(11)15)7-5(10)3-12-8(9)13-7/h3H,2,4,10H2,1H3,(H2,11,15). The van der Waals surface area contributed by atoms with Gasteiger partial charge in [-0.15, -0.1) is 0 Å². The van der Waals surface area contributed by atoms with E-state index in [1.54, 1.807) is 4.90 Å². The molecule has 82 valence electrons. The molecule has 1 amide bonds. The summed E-state index contributed by atoms with van der Waals surface area (Å²) in [5.74, 6) is -0.0257. The lowest BCUT2D eigenvalue weighted by Gasteiger charge is -2.21. The zero-order valence-electron chi connectivity index (χ0n) is 8.27. The molecular formula is C8H12ClN5O. The summed E-state index contributed by atoms with van der Waals surface area (Å²) >= 11 is 5.63. The average Bonchev–Trinajstić information content (AvgIpc) is 2.18. The van der Waals surface area contributed by atoms with Crippen LogP contribution in [0.5, 0.6) is 0 Å². The highest BCUT2D eigenvalue weighted by molar-refractivity contribution is 6.28. The Bertz CT molecular complexity index is 370. The van der Waals surface area contributed by atoms with Crippen molar-refractivity contribution in [3.63, 3.8) is 0 Å². The smallest absolute Gasteiger partial charge is 0.236 e. The molecule has 7 heteroatoms. The number of nitrogens with two attached hydrogens (primary N) is 2. The van der Waals surface area contributed by atoms with Crippen molar-refractivity contribution in [2.75, 3.05) is 23.7 Å². The Hall–Kier alpha value is -1.56. The van der Waals surface area contributed by atoms with Crippen molar-refractivity contribution >= 4 is 29.0 Å². The van der Waals surface area contributed by atoms with Crippen LogP contribution in [0.3, 0.4) is 0 Å². The Kier molecular flexibility index (Phi) is 3.68. The van der Waals surface area contributed by atoms with Crippen molar-refractivity contribution in [3.05, 3.63) is 11.5 Å². The maximum absolute atomic E-state index is 10.8. The van der Waals surface area contributed by atoms with Crippen molar-refractivity contribution in [2.45, 2.75) is 6.92 Å². The van der Waals surface area contributed by atoms with E-state index in [0.717, 1.165) is 0 Å². The Labute approximate surface area is 92.2 Å². The Morgan fingerprint density at radius 1 is 1.67 bits per heavy atom. The number of likely N-dealkylation sites (N-methyl/N-ethyl adjacent to an activating group) is 1. The largest absolute Gasteiger partial charge is 0.394 e. The number of hydrogen-bond acceptors (Lipinski definition) is 5. The van der Waals surface area contributed by atoms with E-state index in [1.165, 1.54) is 6.20 Å². The summed E-state index contributed by atoms with van der Waals surface area (Å²) in [6.45, 7) is 2.47. The molecule has 6 nitrogen and oxygen atoms in total. The van der Waals surface area contributed by atoms with Gasteiger partial charge in [-0.3, -0.25) is 4.79 Å². The third-order valence-electron chi connectivity index (χ3n) is 1.79. The SMILES string of the molecule is CCN(CC(N)=O)c1nc(Cl)ncc1N. The van der Waals surface area contributed by atoms with Gasteiger partial charge in [0, 0.05) is 6.54 Å². The Morgan fingerprint density at radius 2 is 2.33 bits per heavy atom. The zero-order valence-corrected chi connectivity index (χ0v) is 9.03. The molecule has 0 spiro atoms. The maximum Gasteiger partial charge on any atom is 0.236 e. The van der Waals surface area contributed by atoms with E-state index in [0.29, 0.717) is 18.1 Å². The topological polar surface area (TPSA) is 98.1 Å². The van der Waals surface area contributed by atoms with E-state index in [4.69, 9.17) is 23.1 Å². The van der Waals surface area contributed by atoms with Gasteiger partial charge in [0.2, 0.25) is 11.2 Å². The number of anilines is 2. The van der Waals surface area contributed by atoms with Crippen molar-refractivity contribution in [1.82, 2.24) is 9.97 Å². The summed E-state index contributed by atoms with van der Waals surface area (Å²) in [7, 11) is 0. The number of primary amides is 1. The quantitative estimate of drug-likeness (QED) is 0.710. The number of hydrogen-bond donors (Lipinski definition) is 2. The molecule has 4 N–H and O–H groups in total. The molecular weight excluding hydrogens is 218 g/mol. The second-order valence-corrected chi connectivity index (χ2v) is 3.24. The number of rotatable bonds is 4. The first-order valence-corrected chi connectivity index (χ1v) is 4.73. The second kappa shape index (κ2) is 4.79. The van der Waals surface area contributed by atoms with E-state index < -0.39 is 5.91 Å². The number of halogens is 1. The van der Waals surface area contributed by atoms with Crippen LogP contribution < -0.4 is 16.4 Å². The van der Waals surface area contributed by atoms with Gasteiger partial charge < -0.3 is 16.4 Å². The van der Waals surface area contributed by atoms with Crippen LogP contribution in [0.25, 0.3) is 0 Å². The fourth-order valence-electron chi connectivity index (χ4n) is 1.14. The molecule has 0 aromatic carbocycles. The van der Waals surface area contributed by atoms with Gasteiger partial charge in [0.1, 0.15) is 0 Å². The number of nitrogens with zero attached hydrogens (tertiary/aromatic N) is 3. The Morgan fingerprint density at radius 3 is 2.87 bits per heavy atom. The van der Waals surface area contributed by atoms with Gasteiger partial charge in [0.15, 0.2) is 5.82 Å². The third-order valence-corrected chi connectivity index (χ3v) is 1.98. The highest BCUT2D eigenvalue weighted by Gasteiger charge is 2.13. The van der Waals surface area contributed by atoms with Gasteiger partial charge >= 0.3 is 0 Å². The highest BCUT2D eigenvalue weighted by atomic mass is 35.5. The van der Waals surface area contributed by atoms with Gasteiger partial charge in [-0.2, -0.15) is 4.98 Å². The fraction of sp³-hybridized carbons (Fsp3) is 0.375. The monoisotopic (exact) mass is 229 g/mol. The molecule has 15 heavy (non-hydrogen) atoms. The third kappa shape index (κ3) is 2.95. The van der Waals surface area contributed by atoms with Crippen LogP contribution in [0.2, 0.25) is 5.28 Å². The van der Waals surface area contributed by atoms with Gasteiger partial charge in [0.25, 0.3) is 0 Å². The maximum atomic E-state index is 10.8. The number of carbonyl (C=O) groups is 1. The number of nitrogen functional groups attached to an aromatic ring is 1. The van der Waals surface area contributed by atoms with E-state index in [-0.39, 0.29) is 11.8 Å². The first kappa shape index (κ1) is 11.5. The summed E-state index contributed by atoms with van der Waals surface area (Å²) in [5, 5.41) is 0.0853. The number of aromatic nitrogens is 2. The van der Waals surface area contributed by atoms with Crippen LogP contribution in [0, 0.1) is 0 Å². The van der Waals surface area contributed by atoms with Crippen LogP contribution in [0.4, 0.5) is 11.5 Å². The van der Waals surface area contributed by atoms with Crippen LogP contribution in [-0.2, 0) is 4.79 Å². The highest BCUT2D eigenvalue weighted by Crippen LogP contribution is 2.20. The first-order valence-electron chi connectivity index (χ1n) is 4.35. The second-order valence-electron chi connectivity index (χ2n) is 2.90. The lowest BCUT2D eigenvalue weighted by atomic mass is 10.4. The van der Waals surface area contributed by atoms with E-state index in [9.17, 15) is 4.79 Å². The van der Waals surface area contributed by atoms with Gasteiger partial charge in [-0.05, 0) is 18.5 Å². The predicted octanol–water partition coefficient (Wildman–Crippen LogP) is 0.0238.